The average molecular weight is 286 g/mol. The third kappa shape index (κ3) is 2.14. The highest BCUT2D eigenvalue weighted by molar-refractivity contribution is 6.00. The molecule has 0 unspecified atom stereocenters. The van der Waals surface area contributed by atoms with Crippen LogP contribution in [0.3, 0.4) is 0 Å². The number of esters is 3. The fraction of sp³-hybridized carbons (Fsp3) is 0.312. The van der Waals surface area contributed by atoms with Crippen LogP contribution in [0, 0.1) is 17.8 Å². The molecule has 1 aromatic carbocycles. The van der Waals surface area contributed by atoms with Crippen molar-refractivity contribution < 1.29 is 23.9 Å². The Balaban J connectivity index is 2.04. The number of fused-ring (bicyclic) bond motifs is 1. The van der Waals surface area contributed by atoms with Gasteiger partial charge in [-0.1, -0.05) is 42.5 Å². The summed E-state index contributed by atoms with van der Waals surface area (Å²) in [5, 5.41) is 0. The summed E-state index contributed by atoms with van der Waals surface area (Å²) in [6.45, 7) is 0. The Morgan fingerprint density at radius 2 is 1.71 bits per heavy atom. The van der Waals surface area contributed by atoms with Gasteiger partial charge in [-0.25, -0.2) is 0 Å². The highest BCUT2D eigenvalue weighted by atomic mass is 16.6. The van der Waals surface area contributed by atoms with Crippen LogP contribution in [0.4, 0.5) is 0 Å². The van der Waals surface area contributed by atoms with E-state index in [0.29, 0.717) is 0 Å². The molecule has 2 aliphatic rings. The number of allylic oxidation sites excluding steroid dienone is 1. The number of rotatable bonds is 2. The van der Waals surface area contributed by atoms with Gasteiger partial charge < -0.3 is 9.47 Å². The Morgan fingerprint density at radius 3 is 2.38 bits per heavy atom. The first kappa shape index (κ1) is 13.5. The number of hydrogen-bond donors (Lipinski definition) is 0. The first-order chi connectivity index (χ1) is 10.1. The van der Waals surface area contributed by atoms with Crippen molar-refractivity contribution >= 4 is 17.9 Å². The lowest BCUT2D eigenvalue weighted by Crippen LogP contribution is -2.37. The molecule has 1 aliphatic carbocycles. The lowest BCUT2D eigenvalue weighted by Gasteiger charge is -2.29. The molecule has 1 aliphatic heterocycles. The molecule has 0 N–H and O–H groups in total. The maximum Gasteiger partial charge on any atom is 0.318 e. The topological polar surface area (TPSA) is 69.7 Å². The van der Waals surface area contributed by atoms with Crippen molar-refractivity contribution in [3.8, 4) is 0 Å². The van der Waals surface area contributed by atoms with Crippen molar-refractivity contribution in [2.75, 3.05) is 7.11 Å². The molecule has 5 nitrogen and oxygen atoms in total. The van der Waals surface area contributed by atoms with Gasteiger partial charge in [-0.2, -0.15) is 0 Å². The molecule has 21 heavy (non-hydrogen) atoms. The van der Waals surface area contributed by atoms with E-state index in [1.165, 1.54) is 7.11 Å². The second kappa shape index (κ2) is 5.16. The van der Waals surface area contributed by atoms with Crippen molar-refractivity contribution in [1.82, 2.24) is 0 Å². The smallest absolute Gasteiger partial charge is 0.318 e. The Kier molecular flexibility index (Phi) is 3.33. The third-order valence-electron chi connectivity index (χ3n) is 4.09. The van der Waals surface area contributed by atoms with Gasteiger partial charge in [0.1, 0.15) is 0 Å². The second-order valence-electron chi connectivity index (χ2n) is 5.16. The van der Waals surface area contributed by atoms with E-state index < -0.39 is 35.7 Å². The number of hydrogen-bond acceptors (Lipinski definition) is 5. The van der Waals surface area contributed by atoms with E-state index in [1.807, 2.05) is 30.3 Å². The zero-order valence-corrected chi connectivity index (χ0v) is 11.4. The Bertz CT molecular complexity index is 619. The van der Waals surface area contributed by atoms with Crippen LogP contribution >= 0.6 is 0 Å². The molecule has 5 heteroatoms. The van der Waals surface area contributed by atoms with Crippen LogP contribution in [-0.4, -0.2) is 25.0 Å². The van der Waals surface area contributed by atoms with Gasteiger partial charge in [0.05, 0.1) is 24.9 Å². The molecule has 1 aromatic rings. The number of carbonyl (C=O) groups excluding carboxylic acids is 3. The minimum Gasteiger partial charge on any atom is -0.469 e. The predicted molar refractivity (Wildman–Crippen MR) is 71.9 cm³/mol. The van der Waals surface area contributed by atoms with E-state index in [1.54, 1.807) is 12.2 Å². The van der Waals surface area contributed by atoms with Gasteiger partial charge in [-0.05, 0) is 5.56 Å². The van der Waals surface area contributed by atoms with Crippen molar-refractivity contribution in [1.29, 1.82) is 0 Å². The van der Waals surface area contributed by atoms with Gasteiger partial charge in [-0.15, -0.1) is 0 Å². The molecule has 0 bridgehead atoms. The maximum atomic E-state index is 12.0. The molecule has 1 fully saturated rings. The van der Waals surface area contributed by atoms with E-state index in [9.17, 15) is 14.4 Å². The van der Waals surface area contributed by atoms with Gasteiger partial charge >= 0.3 is 17.9 Å². The Labute approximate surface area is 121 Å². The van der Waals surface area contributed by atoms with E-state index in [2.05, 4.69) is 0 Å². The summed E-state index contributed by atoms with van der Waals surface area (Å²) in [4.78, 5) is 35.8. The highest BCUT2D eigenvalue weighted by Crippen LogP contribution is 2.45. The third-order valence-corrected chi connectivity index (χ3v) is 4.09. The largest absolute Gasteiger partial charge is 0.469 e. The Morgan fingerprint density at radius 1 is 1.05 bits per heavy atom. The van der Waals surface area contributed by atoms with Crippen molar-refractivity contribution in [3.63, 3.8) is 0 Å². The molecular weight excluding hydrogens is 272 g/mol. The van der Waals surface area contributed by atoms with Crippen molar-refractivity contribution in [3.05, 3.63) is 48.0 Å². The van der Waals surface area contributed by atoms with Gasteiger partial charge in [0.2, 0.25) is 0 Å². The second-order valence-corrected chi connectivity index (χ2v) is 5.16. The lowest BCUT2D eigenvalue weighted by molar-refractivity contribution is -0.156. The summed E-state index contributed by atoms with van der Waals surface area (Å²) >= 11 is 0. The van der Waals surface area contributed by atoms with Crippen LogP contribution in [0.1, 0.15) is 11.5 Å². The zero-order valence-electron chi connectivity index (χ0n) is 11.4. The number of benzene rings is 1. The van der Waals surface area contributed by atoms with E-state index >= 15 is 0 Å². The molecule has 0 radical (unpaired) electrons. The number of cyclic esters (lactones) is 2. The number of ether oxygens (including phenoxy) is 2. The standard InChI is InChI=1S/C16H14O5/c1-20-14(17)11-8-7-10(9-5-3-2-4-6-9)12-13(11)16(19)21-15(12)18/h2-8,10-13H,1H3/t10-,11-,12+,13-/m1/s1. The first-order valence-corrected chi connectivity index (χ1v) is 6.70. The van der Waals surface area contributed by atoms with Gasteiger partial charge in [0.25, 0.3) is 0 Å². The summed E-state index contributed by atoms with van der Waals surface area (Å²) in [7, 11) is 1.26. The Hall–Kier alpha value is -2.43. The van der Waals surface area contributed by atoms with Crippen molar-refractivity contribution in [2.24, 2.45) is 17.8 Å². The lowest BCUT2D eigenvalue weighted by atomic mass is 9.69. The number of methoxy groups -OCH3 is 1. The quantitative estimate of drug-likeness (QED) is 0.467. The summed E-state index contributed by atoms with van der Waals surface area (Å²) < 4.78 is 9.47. The first-order valence-electron chi connectivity index (χ1n) is 6.70. The molecule has 4 atom stereocenters. The molecule has 108 valence electrons. The van der Waals surface area contributed by atoms with Gasteiger partial charge in [0, 0.05) is 5.92 Å². The fourth-order valence-electron chi connectivity index (χ4n) is 3.10. The van der Waals surface area contributed by atoms with E-state index in [4.69, 9.17) is 9.47 Å². The molecule has 0 amide bonds. The van der Waals surface area contributed by atoms with Crippen LogP contribution < -0.4 is 0 Å². The van der Waals surface area contributed by atoms with Crippen LogP contribution in [-0.2, 0) is 23.9 Å². The highest BCUT2D eigenvalue weighted by Gasteiger charge is 2.55. The molecule has 0 saturated carbocycles. The van der Waals surface area contributed by atoms with Gasteiger partial charge in [-0.3, -0.25) is 14.4 Å². The van der Waals surface area contributed by atoms with Crippen molar-refractivity contribution in [2.45, 2.75) is 5.92 Å². The normalized spacial score (nSPS) is 30.7. The average Bonchev–Trinajstić information content (AvgIpc) is 2.82. The van der Waals surface area contributed by atoms with Gasteiger partial charge in [0.15, 0.2) is 0 Å². The maximum absolute atomic E-state index is 12.0. The van der Waals surface area contributed by atoms with Crippen LogP contribution in [0.15, 0.2) is 42.5 Å². The zero-order chi connectivity index (χ0) is 15.0. The van der Waals surface area contributed by atoms with E-state index in [0.717, 1.165) is 5.56 Å². The van der Waals surface area contributed by atoms with Crippen LogP contribution in [0.25, 0.3) is 0 Å². The molecule has 1 saturated heterocycles. The predicted octanol–water partition coefficient (Wildman–Crippen LogP) is 1.45. The molecular formula is C16H14O5. The fourth-order valence-corrected chi connectivity index (χ4v) is 3.10. The van der Waals surface area contributed by atoms with Crippen LogP contribution in [0.2, 0.25) is 0 Å². The summed E-state index contributed by atoms with van der Waals surface area (Å²) in [5.74, 6) is -4.26. The molecule has 1 heterocycles. The summed E-state index contributed by atoms with van der Waals surface area (Å²) in [6.07, 6.45) is 3.43. The molecule has 3 rings (SSSR count). The van der Waals surface area contributed by atoms with Crippen LogP contribution in [0.5, 0.6) is 0 Å². The molecule has 0 spiro atoms. The van der Waals surface area contributed by atoms with E-state index in [-0.39, 0.29) is 5.92 Å². The summed E-state index contributed by atoms with van der Waals surface area (Å²) in [6, 6.07) is 9.39. The molecule has 0 aromatic heterocycles. The minimum atomic E-state index is -0.805. The summed E-state index contributed by atoms with van der Waals surface area (Å²) in [5.41, 5.74) is 0.915. The SMILES string of the molecule is COC(=O)[C@@H]1C=C[C@H](c2ccccc2)[C@@H]2C(=O)OC(=O)[C@@H]21. The minimum absolute atomic E-state index is 0.268. The number of carbonyl (C=O) groups is 3. The monoisotopic (exact) mass is 286 g/mol.